The van der Waals surface area contributed by atoms with Crippen LogP contribution in [0.2, 0.25) is 0 Å². The predicted octanol–water partition coefficient (Wildman–Crippen LogP) is 3.81. The van der Waals surface area contributed by atoms with Crippen molar-refractivity contribution in [3.8, 4) is 0 Å². The Labute approximate surface area is 86.6 Å². The molecule has 0 N–H and O–H groups in total. The van der Waals surface area contributed by atoms with Gasteiger partial charge in [-0.1, -0.05) is 27.7 Å². The summed E-state index contributed by atoms with van der Waals surface area (Å²) in [5.41, 5.74) is 0. The van der Waals surface area contributed by atoms with Gasteiger partial charge in [0.15, 0.2) is 0 Å². The monoisotopic (exact) mass is 196 g/mol. The first-order valence-corrected chi connectivity index (χ1v) is 5.25. The Bertz CT molecular complexity index is 225. The molecule has 0 bridgehead atoms. The number of ether oxygens (including phenoxy) is 2. The van der Waals surface area contributed by atoms with Crippen LogP contribution in [0.1, 0.15) is 40.5 Å². The van der Waals surface area contributed by atoms with Gasteiger partial charge in [-0.2, -0.15) is 0 Å². The van der Waals surface area contributed by atoms with E-state index in [1.54, 1.807) is 0 Å². The summed E-state index contributed by atoms with van der Waals surface area (Å²) in [7, 11) is 0. The maximum atomic E-state index is 5.45. The minimum absolute atomic E-state index is 0.427. The Morgan fingerprint density at radius 1 is 0.929 bits per heavy atom. The third-order valence-electron chi connectivity index (χ3n) is 1.97. The number of rotatable bonds is 4. The van der Waals surface area contributed by atoms with Crippen molar-refractivity contribution in [2.75, 3.05) is 0 Å². The summed E-state index contributed by atoms with van der Waals surface area (Å²) >= 11 is 0. The summed E-state index contributed by atoms with van der Waals surface area (Å²) in [6.45, 7) is 12.4. The Morgan fingerprint density at radius 3 is 1.57 bits per heavy atom. The summed E-state index contributed by atoms with van der Waals surface area (Å²) in [6.07, 6.45) is 1.86. The summed E-state index contributed by atoms with van der Waals surface area (Å²) in [4.78, 5) is 0. The minimum Gasteiger partial charge on any atom is -0.427 e. The van der Waals surface area contributed by atoms with Crippen molar-refractivity contribution < 1.29 is 9.47 Å². The zero-order valence-corrected chi connectivity index (χ0v) is 9.59. The lowest BCUT2D eigenvalue weighted by molar-refractivity contribution is 0.169. The van der Waals surface area contributed by atoms with Crippen LogP contribution in [-0.2, 0) is 9.47 Å². The van der Waals surface area contributed by atoms with Crippen LogP contribution in [0.5, 0.6) is 0 Å². The van der Waals surface area contributed by atoms with Gasteiger partial charge in [-0.15, -0.1) is 0 Å². The van der Waals surface area contributed by atoms with E-state index in [9.17, 15) is 0 Å². The predicted molar refractivity (Wildman–Crippen MR) is 57.2 cm³/mol. The second-order valence-electron chi connectivity index (χ2n) is 4.62. The molecule has 0 fully saturated rings. The molecular formula is C12H20O2. The highest BCUT2D eigenvalue weighted by Crippen LogP contribution is 2.31. The van der Waals surface area contributed by atoms with Crippen LogP contribution in [0.25, 0.3) is 0 Å². The van der Waals surface area contributed by atoms with E-state index in [1.807, 2.05) is 0 Å². The first kappa shape index (κ1) is 11.2. The molecule has 0 atom stereocenters. The van der Waals surface area contributed by atoms with Crippen molar-refractivity contribution in [2.24, 2.45) is 11.8 Å². The third-order valence-corrected chi connectivity index (χ3v) is 1.97. The average molecular weight is 196 g/mol. The second-order valence-corrected chi connectivity index (χ2v) is 4.62. The van der Waals surface area contributed by atoms with Gasteiger partial charge in [0.05, 0.1) is 0 Å². The van der Waals surface area contributed by atoms with Gasteiger partial charge in [-0.3, -0.25) is 0 Å². The maximum Gasteiger partial charge on any atom is 0.282 e. The number of hydrogen-bond acceptors (Lipinski definition) is 2. The number of hydrogen-bond donors (Lipinski definition) is 0. The minimum atomic E-state index is 0.427. The summed E-state index contributed by atoms with van der Waals surface area (Å²) < 4.78 is 10.9. The molecule has 1 rings (SSSR count). The molecule has 1 aliphatic heterocycles. The molecule has 1 heterocycles. The van der Waals surface area contributed by atoms with Crippen LogP contribution in [-0.4, -0.2) is 0 Å². The van der Waals surface area contributed by atoms with E-state index in [1.165, 1.54) is 0 Å². The molecule has 0 aromatic rings. The standard InChI is InChI=1S/C12H20O2/c1-8(2)6-11-12(7-9(3)4)14-10(5)13-11/h8-9H,5-7H2,1-4H3. The van der Waals surface area contributed by atoms with E-state index >= 15 is 0 Å². The van der Waals surface area contributed by atoms with E-state index in [-0.39, 0.29) is 0 Å². The fraction of sp³-hybridized carbons (Fsp3) is 0.667. The van der Waals surface area contributed by atoms with E-state index < -0.39 is 0 Å². The normalized spacial score (nSPS) is 16.6. The van der Waals surface area contributed by atoms with Crippen LogP contribution < -0.4 is 0 Å². The van der Waals surface area contributed by atoms with Gasteiger partial charge >= 0.3 is 0 Å². The summed E-state index contributed by atoms with van der Waals surface area (Å²) in [5, 5.41) is 0. The van der Waals surface area contributed by atoms with Crippen LogP contribution in [0.3, 0.4) is 0 Å². The zero-order valence-electron chi connectivity index (χ0n) is 9.59. The van der Waals surface area contributed by atoms with Crippen molar-refractivity contribution in [2.45, 2.75) is 40.5 Å². The maximum absolute atomic E-state index is 5.45. The molecule has 0 saturated heterocycles. The molecule has 14 heavy (non-hydrogen) atoms. The third kappa shape index (κ3) is 3.09. The molecule has 0 saturated carbocycles. The van der Waals surface area contributed by atoms with Crippen molar-refractivity contribution in [3.63, 3.8) is 0 Å². The smallest absolute Gasteiger partial charge is 0.282 e. The summed E-state index contributed by atoms with van der Waals surface area (Å²) in [6, 6.07) is 0. The largest absolute Gasteiger partial charge is 0.427 e. The Kier molecular flexibility index (Phi) is 3.62. The fourth-order valence-electron chi connectivity index (χ4n) is 1.46. The number of allylic oxidation sites excluding steroid dienone is 2. The van der Waals surface area contributed by atoms with Gasteiger partial charge in [-0.25, -0.2) is 0 Å². The van der Waals surface area contributed by atoms with Crippen LogP contribution in [0, 0.1) is 11.8 Å². The molecule has 0 aromatic carbocycles. The van der Waals surface area contributed by atoms with E-state index in [0.717, 1.165) is 24.4 Å². The molecular weight excluding hydrogens is 176 g/mol. The molecule has 0 amide bonds. The quantitative estimate of drug-likeness (QED) is 0.680. The van der Waals surface area contributed by atoms with E-state index in [0.29, 0.717) is 17.8 Å². The molecule has 2 nitrogen and oxygen atoms in total. The Morgan fingerprint density at radius 2 is 1.29 bits per heavy atom. The van der Waals surface area contributed by atoms with Gasteiger partial charge in [0.25, 0.3) is 5.95 Å². The first-order valence-electron chi connectivity index (χ1n) is 5.25. The molecule has 0 unspecified atom stereocenters. The van der Waals surface area contributed by atoms with Crippen LogP contribution >= 0.6 is 0 Å². The highest BCUT2D eigenvalue weighted by molar-refractivity contribution is 5.11. The first-order chi connectivity index (χ1) is 6.49. The highest BCUT2D eigenvalue weighted by Gasteiger charge is 2.22. The molecule has 0 aromatic heterocycles. The summed E-state index contributed by atoms with van der Waals surface area (Å²) in [5.74, 6) is 3.54. The van der Waals surface area contributed by atoms with E-state index in [2.05, 4.69) is 34.3 Å². The topological polar surface area (TPSA) is 18.5 Å². The molecule has 1 aliphatic rings. The van der Waals surface area contributed by atoms with Crippen molar-refractivity contribution >= 4 is 0 Å². The molecule has 2 heteroatoms. The van der Waals surface area contributed by atoms with Crippen LogP contribution in [0.4, 0.5) is 0 Å². The molecule has 0 aliphatic carbocycles. The Hall–Kier alpha value is -0.920. The zero-order chi connectivity index (χ0) is 10.7. The van der Waals surface area contributed by atoms with E-state index in [4.69, 9.17) is 9.47 Å². The van der Waals surface area contributed by atoms with Gasteiger partial charge in [0.1, 0.15) is 11.5 Å². The van der Waals surface area contributed by atoms with Gasteiger partial charge < -0.3 is 9.47 Å². The van der Waals surface area contributed by atoms with Gasteiger partial charge in [0, 0.05) is 12.8 Å². The van der Waals surface area contributed by atoms with Crippen molar-refractivity contribution in [1.29, 1.82) is 0 Å². The van der Waals surface area contributed by atoms with Crippen LogP contribution in [0.15, 0.2) is 24.0 Å². The SMILES string of the molecule is C=C1OC(CC(C)C)=C(CC(C)C)O1. The van der Waals surface area contributed by atoms with Gasteiger partial charge in [0.2, 0.25) is 0 Å². The lowest BCUT2D eigenvalue weighted by Crippen LogP contribution is -1.96. The Balaban J connectivity index is 2.67. The second kappa shape index (κ2) is 4.54. The molecule has 0 spiro atoms. The fourth-order valence-corrected chi connectivity index (χ4v) is 1.46. The lowest BCUT2D eigenvalue weighted by Gasteiger charge is -2.07. The van der Waals surface area contributed by atoms with Gasteiger partial charge in [-0.05, 0) is 18.4 Å². The van der Waals surface area contributed by atoms with Crippen molar-refractivity contribution in [1.82, 2.24) is 0 Å². The highest BCUT2D eigenvalue weighted by atomic mass is 16.7. The molecule has 0 radical (unpaired) electrons. The van der Waals surface area contributed by atoms with Crippen molar-refractivity contribution in [3.05, 3.63) is 24.0 Å². The average Bonchev–Trinajstić information content (AvgIpc) is 2.28. The molecule has 80 valence electrons. The lowest BCUT2D eigenvalue weighted by atomic mass is 10.0.